The number of hydrogen-bond acceptors (Lipinski definition) is 2. The number of hydrogen-bond donors (Lipinski definition) is 2. The Morgan fingerprint density at radius 3 is 2.48 bits per heavy atom. The van der Waals surface area contributed by atoms with Crippen LogP contribution < -0.4 is 10.6 Å². The number of carbonyl (C=O) groups excluding carboxylic acids is 1. The van der Waals surface area contributed by atoms with Crippen molar-refractivity contribution in [3.05, 3.63) is 34.3 Å². The third-order valence-electron chi connectivity index (χ3n) is 4.63. The van der Waals surface area contributed by atoms with Gasteiger partial charge in [-0.25, -0.2) is 0 Å². The molecular formula is C16H22BrClN2O. The second-order valence-corrected chi connectivity index (χ2v) is 6.89. The second kappa shape index (κ2) is 7.12. The van der Waals surface area contributed by atoms with Crippen molar-refractivity contribution in [3.8, 4) is 0 Å². The molecule has 1 aliphatic heterocycles. The molecule has 1 unspecified atom stereocenters. The van der Waals surface area contributed by atoms with E-state index in [0.29, 0.717) is 0 Å². The zero-order valence-corrected chi connectivity index (χ0v) is 14.4. The highest BCUT2D eigenvalue weighted by Crippen LogP contribution is 2.41. The molecule has 0 bridgehead atoms. The van der Waals surface area contributed by atoms with Crippen LogP contribution >= 0.6 is 28.3 Å². The highest BCUT2D eigenvalue weighted by molar-refractivity contribution is 9.10. The standard InChI is InChI=1S/C16H21BrN2O.ClH/c17-14-6-4-13(5-7-14)16(8-2-9-16)19-15(20)12-3-1-10-18-11-12;/h4-7,12,18H,1-3,8-11H2,(H,19,20);1H. The summed E-state index contributed by atoms with van der Waals surface area (Å²) in [6.45, 7) is 1.86. The topological polar surface area (TPSA) is 41.1 Å². The van der Waals surface area contributed by atoms with Crippen LogP contribution in [-0.4, -0.2) is 19.0 Å². The highest BCUT2D eigenvalue weighted by atomic mass is 79.9. The van der Waals surface area contributed by atoms with Gasteiger partial charge in [-0.3, -0.25) is 4.79 Å². The van der Waals surface area contributed by atoms with Gasteiger partial charge in [0.25, 0.3) is 0 Å². The number of amides is 1. The van der Waals surface area contributed by atoms with Crippen LogP contribution in [0.4, 0.5) is 0 Å². The van der Waals surface area contributed by atoms with E-state index in [4.69, 9.17) is 0 Å². The fourth-order valence-electron chi connectivity index (χ4n) is 3.20. The van der Waals surface area contributed by atoms with Crippen LogP contribution in [0, 0.1) is 5.92 Å². The van der Waals surface area contributed by atoms with Gasteiger partial charge in [0, 0.05) is 11.0 Å². The summed E-state index contributed by atoms with van der Waals surface area (Å²) in [6.07, 6.45) is 5.42. The van der Waals surface area contributed by atoms with Gasteiger partial charge in [0.1, 0.15) is 0 Å². The molecule has 0 radical (unpaired) electrons. The monoisotopic (exact) mass is 372 g/mol. The van der Waals surface area contributed by atoms with Crippen molar-refractivity contribution in [2.75, 3.05) is 13.1 Å². The molecule has 1 heterocycles. The first-order valence-corrected chi connectivity index (χ1v) is 8.28. The largest absolute Gasteiger partial charge is 0.346 e. The number of halogens is 2. The second-order valence-electron chi connectivity index (χ2n) is 5.98. The highest BCUT2D eigenvalue weighted by Gasteiger charge is 2.41. The summed E-state index contributed by atoms with van der Waals surface area (Å²) in [4.78, 5) is 12.5. The average molecular weight is 374 g/mol. The molecule has 2 fully saturated rings. The molecule has 3 rings (SSSR count). The van der Waals surface area contributed by atoms with Gasteiger partial charge in [0.15, 0.2) is 0 Å². The minimum atomic E-state index is -0.116. The molecule has 1 aliphatic carbocycles. The molecule has 21 heavy (non-hydrogen) atoms. The molecule has 1 saturated carbocycles. The first-order valence-electron chi connectivity index (χ1n) is 7.48. The molecule has 3 nitrogen and oxygen atoms in total. The van der Waals surface area contributed by atoms with E-state index in [0.717, 1.165) is 43.2 Å². The predicted octanol–water partition coefficient (Wildman–Crippen LogP) is 3.37. The van der Waals surface area contributed by atoms with Gasteiger partial charge in [-0.05, 0) is 56.3 Å². The van der Waals surface area contributed by atoms with Crippen LogP contribution in [0.3, 0.4) is 0 Å². The molecule has 2 N–H and O–H groups in total. The molecule has 1 aromatic carbocycles. The van der Waals surface area contributed by atoms with Gasteiger partial charge < -0.3 is 10.6 Å². The van der Waals surface area contributed by atoms with Crippen LogP contribution in [0.2, 0.25) is 0 Å². The fourth-order valence-corrected chi connectivity index (χ4v) is 3.46. The average Bonchev–Trinajstić information content (AvgIpc) is 2.45. The lowest BCUT2D eigenvalue weighted by Gasteiger charge is -2.44. The lowest BCUT2D eigenvalue weighted by atomic mass is 9.71. The smallest absolute Gasteiger partial charge is 0.225 e. The maximum atomic E-state index is 12.5. The number of nitrogens with one attached hydrogen (secondary N) is 2. The summed E-state index contributed by atoms with van der Waals surface area (Å²) in [5.41, 5.74) is 1.12. The minimum absolute atomic E-state index is 0. The molecular weight excluding hydrogens is 352 g/mol. The van der Waals surface area contributed by atoms with Crippen LogP contribution in [0.1, 0.15) is 37.7 Å². The van der Waals surface area contributed by atoms with Crippen LogP contribution in [0.15, 0.2) is 28.7 Å². The Labute approximate surface area is 140 Å². The first kappa shape index (κ1) is 16.8. The van der Waals surface area contributed by atoms with Gasteiger partial charge in [0.05, 0.1) is 11.5 Å². The Morgan fingerprint density at radius 2 is 1.95 bits per heavy atom. The van der Waals surface area contributed by atoms with Crippen molar-refractivity contribution in [3.63, 3.8) is 0 Å². The summed E-state index contributed by atoms with van der Waals surface area (Å²) in [5.74, 6) is 0.358. The summed E-state index contributed by atoms with van der Waals surface area (Å²) in [5, 5.41) is 6.66. The van der Waals surface area contributed by atoms with Crippen molar-refractivity contribution in [2.45, 2.75) is 37.6 Å². The van der Waals surface area contributed by atoms with Gasteiger partial charge >= 0.3 is 0 Å². The van der Waals surface area contributed by atoms with Crippen LogP contribution in [-0.2, 0) is 10.3 Å². The number of piperidine rings is 1. The maximum absolute atomic E-state index is 12.5. The van der Waals surface area contributed by atoms with Crippen LogP contribution in [0.5, 0.6) is 0 Å². The Kier molecular flexibility index (Phi) is 5.69. The van der Waals surface area contributed by atoms with Gasteiger partial charge in [0.2, 0.25) is 5.91 Å². The third kappa shape index (κ3) is 3.61. The van der Waals surface area contributed by atoms with E-state index in [-0.39, 0.29) is 29.8 Å². The fraction of sp³-hybridized carbons (Fsp3) is 0.562. The van der Waals surface area contributed by atoms with E-state index >= 15 is 0 Å². The number of carbonyl (C=O) groups is 1. The Balaban J connectivity index is 0.00000161. The lowest BCUT2D eigenvalue weighted by Crippen LogP contribution is -2.54. The van der Waals surface area contributed by atoms with Crippen LogP contribution in [0.25, 0.3) is 0 Å². The molecule has 1 aromatic rings. The Morgan fingerprint density at radius 1 is 1.24 bits per heavy atom. The van der Waals surface area contributed by atoms with Gasteiger partial charge in [-0.1, -0.05) is 28.1 Å². The first-order chi connectivity index (χ1) is 9.70. The quantitative estimate of drug-likeness (QED) is 0.853. The van der Waals surface area contributed by atoms with E-state index in [1.165, 1.54) is 12.0 Å². The Hall–Kier alpha value is -0.580. The molecule has 1 atom stereocenters. The molecule has 1 saturated heterocycles. The van der Waals surface area contributed by atoms with Crippen molar-refractivity contribution in [1.29, 1.82) is 0 Å². The SMILES string of the molecule is Cl.O=C(NC1(c2ccc(Br)cc2)CCC1)C1CCCNC1. The summed E-state index contributed by atoms with van der Waals surface area (Å²) >= 11 is 3.47. The zero-order valence-electron chi connectivity index (χ0n) is 12.0. The number of benzene rings is 1. The zero-order chi connectivity index (χ0) is 14.0. The lowest BCUT2D eigenvalue weighted by molar-refractivity contribution is -0.128. The summed E-state index contributed by atoms with van der Waals surface area (Å²) < 4.78 is 1.08. The Bertz CT molecular complexity index is 482. The normalized spacial score (nSPS) is 23.6. The third-order valence-corrected chi connectivity index (χ3v) is 5.16. The summed E-state index contributed by atoms with van der Waals surface area (Å²) in [7, 11) is 0. The van der Waals surface area contributed by atoms with E-state index < -0.39 is 0 Å². The molecule has 1 amide bonds. The van der Waals surface area contributed by atoms with E-state index in [1.54, 1.807) is 0 Å². The molecule has 0 aromatic heterocycles. The molecule has 116 valence electrons. The predicted molar refractivity (Wildman–Crippen MR) is 90.7 cm³/mol. The van der Waals surface area contributed by atoms with Crippen molar-refractivity contribution in [1.82, 2.24) is 10.6 Å². The molecule has 0 spiro atoms. The maximum Gasteiger partial charge on any atom is 0.225 e. The van der Waals surface area contributed by atoms with Crippen molar-refractivity contribution < 1.29 is 4.79 Å². The molecule has 5 heteroatoms. The number of rotatable bonds is 3. The van der Waals surface area contributed by atoms with Gasteiger partial charge in [-0.15, -0.1) is 12.4 Å². The van der Waals surface area contributed by atoms with E-state index in [9.17, 15) is 4.79 Å². The van der Waals surface area contributed by atoms with E-state index in [2.05, 4.69) is 50.8 Å². The van der Waals surface area contributed by atoms with E-state index in [1.807, 2.05) is 0 Å². The summed E-state index contributed by atoms with van der Waals surface area (Å²) in [6, 6.07) is 8.37. The molecule has 2 aliphatic rings. The van der Waals surface area contributed by atoms with Gasteiger partial charge in [-0.2, -0.15) is 0 Å². The minimum Gasteiger partial charge on any atom is -0.346 e. The van der Waals surface area contributed by atoms with Crippen molar-refractivity contribution in [2.24, 2.45) is 5.92 Å². The van der Waals surface area contributed by atoms with Crippen molar-refractivity contribution >= 4 is 34.2 Å².